The lowest BCUT2D eigenvalue weighted by Gasteiger charge is -2.17. The molecule has 2 aromatic rings. The second-order valence-corrected chi connectivity index (χ2v) is 5.53. The molecule has 1 amide bonds. The van der Waals surface area contributed by atoms with Crippen molar-refractivity contribution in [2.75, 3.05) is 6.54 Å². The first-order valence-corrected chi connectivity index (χ1v) is 7.95. The molecule has 0 saturated heterocycles. The highest BCUT2D eigenvalue weighted by molar-refractivity contribution is 6.43. The molecular weight excluding hydrogens is 319 g/mol. The second kappa shape index (κ2) is 9.49. The smallest absolute Gasteiger partial charge is 0.426 e. The van der Waals surface area contributed by atoms with E-state index in [1.807, 2.05) is 42.5 Å². The Kier molecular flexibility index (Phi) is 7.04. The fourth-order valence-corrected chi connectivity index (χ4v) is 2.42. The minimum Gasteiger partial charge on any atom is -0.426 e. The van der Waals surface area contributed by atoms with Crippen LogP contribution in [-0.2, 0) is 0 Å². The van der Waals surface area contributed by atoms with Crippen LogP contribution in [0.3, 0.4) is 0 Å². The highest BCUT2D eigenvalue weighted by Gasteiger charge is 2.25. The van der Waals surface area contributed by atoms with Crippen LogP contribution in [-0.4, -0.2) is 35.6 Å². The Labute approximate surface area is 146 Å². The number of nitrogens with zero attached hydrogens (tertiary/aromatic N) is 3. The summed E-state index contributed by atoms with van der Waals surface area (Å²) in [4.78, 5) is 14.9. The summed E-state index contributed by atoms with van der Waals surface area (Å²) in [6, 6.07) is 16.9. The molecule has 128 valence electrons. The van der Waals surface area contributed by atoms with Gasteiger partial charge in [0.05, 0.1) is 5.94 Å². The molecule has 0 aliphatic heterocycles. The predicted molar refractivity (Wildman–Crippen MR) is 96.6 cm³/mol. The van der Waals surface area contributed by atoms with Gasteiger partial charge in [-0.3, -0.25) is 4.79 Å². The van der Waals surface area contributed by atoms with Crippen LogP contribution in [0.1, 0.15) is 23.2 Å². The number of hydrogen-bond acceptors (Lipinski definition) is 4. The number of benzene rings is 2. The molecule has 0 heterocycles. The van der Waals surface area contributed by atoms with Gasteiger partial charge in [0.1, 0.15) is 0 Å². The lowest BCUT2D eigenvalue weighted by Crippen LogP contribution is -2.46. The van der Waals surface area contributed by atoms with Crippen molar-refractivity contribution in [2.24, 2.45) is 5.11 Å². The highest BCUT2D eigenvalue weighted by atomic mass is 16.4. The van der Waals surface area contributed by atoms with Crippen molar-refractivity contribution in [3.63, 3.8) is 0 Å². The van der Waals surface area contributed by atoms with Crippen molar-refractivity contribution in [3.8, 4) is 11.1 Å². The molecular formula is C17H19BN4O3. The summed E-state index contributed by atoms with van der Waals surface area (Å²) in [7, 11) is -1.68. The number of carbonyl (C=O) groups is 1. The molecule has 0 aliphatic rings. The van der Waals surface area contributed by atoms with E-state index in [1.165, 1.54) is 0 Å². The van der Waals surface area contributed by atoms with Crippen molar-refractivity contribution in [3.05, 3.63) is 70.6 Å². The first-order valence-electron chi connectivity index (χ1n) is 7.95. The number of amides is 1. The average Bonchev–Trinajstić information content (AvgIpc) is 2.64. The first-order chi connectivity index (χ1) is 12.1. The third-order valence-corrected chi connectivity index (χ3v) is 3.77. The maximum absolute atomic E-state index is 12.3. The van der Waals surface area contributed by atoms with Crippen LogP contribution in [0.5, 0.6) is 0 Å². The maximum Gasteiger partial charge on any atom is 0.475 e. The van der Waals surface area contributed by atoms with Gasteiger partial charge < -0.3 is 15.4 Å². The largest absolute Gasteiger partial charge is 0.475 e. The van der Waals surface area contributed by atoms with E-state index < -0.39 is 13.1 Å². The van der Waals surface area contributed by atoms with Gasteiger partial charge in [-0.2, -0.15) is 0 Å². The minimum atomic E-state index is -1.68. The Morgan fingerprint density at radius 2 is 1.76 bits per heavy atom. The number of nitrogens with one attached hydrogen (secondary N) is 1. The van der Waals surface area contributed by atoms with Gasteiger partial charge >= 0.3 is 7.12 Å². The quantitative estimate of drug-likeness (QED) is 0.226. The molecule has 25 heavy (non-hydrogen) atoms. The monoisotopic (exact) mass is 338 g/mol. The highest BCUT2D eigenvalue weighted by Crippen LogP contribution is 2.19. The lowest BCUT2D eigenvalue weighted by molar-refractivity contribution is 0.0940. The zero-order valence-electron chi connectivity index (χ0n) is 13.6. The molecule has 0 fully saturated rings. The van der Waals surface area contributed by atoms with Gasteiger partial charge in [0.25, 0.3) is 5.91 Å². The van der Waals surface area contributed by atoms with Crippen LogP contribution in [0.15, 0.2) is 59.7 Å². The topological polar surface area (TPSA) is 118 Å². The third-order valence-electron chi connectivity index (χ3n) is 3.77. The summed E-state index contributed by atoms with van der Waals surface area (Å²) >= 11 is 0. The Morgan fingerprint density at radius 1 is 1.12 bits per heavy atom. The molecule has 7 nitrogen and oxygen atoms in total. The lowest BCUT2D eigenvalue weighted by atomic mass is 9.76. The molecule has 3 N–H and O–H groups in total. The summed E-state index contributed by atoms with van der Waals surface area (Å²) in [5, 5.41) is 24.8. The first kappa shape index (κ1) is 18.5. The van der Waals surface area contributed by atoms with Gasteiger partial charge in [0.2, 0.25) is 0 Å². The predicted octanol–water partition coefficient (Wildman–Crippen LogP) is 2.55. The van der Waals surface area contributed by atoms with Crippen molar-refractivity contribution in [1.82, 2.24) is 5.32 Å². The van der Waals surface area contributed by atoms with E-state index in [0.717, 1.165) is 11.1 Å². The van der Waals surface area contributed by atoms with Gasteiger partial charge in [-0.1, -0.05) is 47.6 Å². The second-order valence-electron chi connectivity index (χ2n) is 5.53. The molecule has 8 heteroatoms. The summed E-state index contributed by atoms with van der Waals surface area (Å²) < 4.78 is 0. The summed E-state index contributed by atoms with van der Waals surface area (Å²) in [5.74, 6) is -1.21. The van der Waals surface area contributed by atoms with E-state index in [1.54, 1.807) is 12.1 Å². The molecule has 0 aliphatic carbocycles. The molecule has 0 saturated carbocycles. The Bertz CT molecular complexity index is 731. The van der Waals surface area contributed by atoms with Crippen LogP contribution >= 0.6 is 0 Å². The summed E-state index contributed by atoms with van der Waals surface area (Å²) in [5.41, 5.74) is 10.7. The number of carbonyl (C=O) groups excluding carboxylic acids is 1. The van der Waals surface area contributed by atoms with E-state index >= 15 is 0 Å². The van der Waals surface area contributed by atoms with Crippen LogP contribution in [0.4, 0.5) is 0 Å². The van der Waals surface area contributed by atoms with Crippen molar-refractivity contribution < 1.29 is 14.8 Å². The Morgan fingerprint density at radius 3 is 2.36 bits per heavy atom. The Balaban J connectivity index is 1.99. The maximum atomic E-state index is 12.3. The van der Waals surface area contributed by atoms with Crippen LogP contribution in [0.25, 0.3) is 21.6 Å². The van der Waals surface area contributed by atoms with Gasteiger partial charge in [-0.05, 0) is 41.6 Å². The fraction of sp³-hybridized carbons (Fsp3) is 0.235. The molecule has 0 unspecified atom stereocenters. The fourth-order valence-electron chi connectivity index (χ4n) is 2.42. The van der Waals surface area contributed by atoms with Gasteiger partial charge in [-0.15, -0.1) is 0 Å². The van der Waals surface area contributed by atoms with E-state index in [-0.39, 0.29) is 12.5 Å². The molecule has 0 bridgehead atoms. The number of rotatable bonds is 8. The van der Waals surface area contributed by atoms with E-state index in [9.17, 15) is 14.8 Å². The van der Waals surface area contributed by atoms with Gasteiger partial charge in [0.15, 0.2) is 0 Å². The molecule has 2 aromatic carbocycles. The number of hydrogen-bond donors (Lipinski definition) is 3. The molecule has 1 atom stereocenters. The number of azide groups is 1. The van der Waals surface area contributed by atoms with Gasteiger partial charge in [-0.25, -0.2) is 0 Å². The zero-order chi connectivity index (χ0) is 18.1. The van der Waals surface area contributed by atoms with E-state index in [4.69, 9.17) is 5.53 Å². The van der Waals surface area contributed by atoms with Crippen molar-refractivity contribution in [2.45, 2.75) is 18.8 Å². The third kappa shape index (κ3) is 5.65. The van der Waals surface area contributed by atoms with Crippen LogP contribution < -0.4 is 5.32 Å². The normalized spacial score (nSPS) is 11.3. The van der Waals surface area contributed by atoms with Crippen molar-refractivity contribution >= 4 is 13.0 Å². The van der Waals surface area contributed by atoms with Crippen molar-refractivity contribution in [1.29, 1.82) is 0 Å². The van der Waals surface area contributed by atoms with Gasteiger partial charge in [0, 0.05) is 17.0 Å². The molecule has 0 aromatic heterocycles. The summed E-state index contributed by atoms with van der Waals surface area (Å²) in [6.07, 6.45) is 0.740. The molecule has 0 spiro atoms. The SMILES string of the molecule is [N-]=[N+]=NCCC[C@H](NC(=O)c1ccc(-c2ccccc2)cc1)B(O)O. The summed E-state index contributed by atoms with van der Waals surface area (Å²) in [6.45, 7) is 0.237. The van der Waals surface area contributed by atoms with Crippen LogP contribution in [0, 0.1) is 0 Å². The molecule has 2 rings (SSSR count). The standard InChI is InChI=1S/C17H19BN4O3/c19-22-20-12-4-7-16(18(24)25)21-17(23)15-10-8-14(9-11-15)13-5-2-1-3-6-13/h1-3,5-6,8-11,16,24-25H,4,7,12H2,(H,21,23)/t16-/m0/s1. The zero-order valence-corrected chi connectivity index (χ0v) is 13.6. The van der Waals surface area contributed by atoms with Crippen LogP contribution in [0.2, 0.25) is 0 Å². The Hall–Kier alpha value is -2.80. The molecule has 0 radical (unpaired) electrons. The minimum absolute atomic E-state index is 0.237. The average molecular weight is 338 g/mol. The van der Waals surface area contributed by atoms with E-state index in [2.05, 4.69) is 15.3 Å². The van der Waals surface area contributed by atoms with E-state index in [0.29, 0.717) is 18.4 Å².